The normalized spacial score (nSPS) is 17.3. The minimum absolute atomic E-state index is 0.0245. The lowest BCUT2D eigenvalue weighted by atomic mass is 10.2. The van der Waals surface area contributed by atoms with Gasteiger partial charge < -0.3 is 10.6 Å². The smallest absolute Gasteiger partial charge is 0.128 e. The van der Waals surface area contributed by atoms with Gasteiger partial charge >= 0.3 is 0 Å². The topological polar surface area (TPSA) is 58.3 Å². The minimum atomic E-state index is 0.0245. The number of nitrogens with two attached hydrogens (primary N) is 1. The zero-order valence-electron chi connectivity index (χ0n) is 13.5. The lowest BCUT2D eigenvalue weighted by molar-refractivity contribution is 0.187. The number of anilines is 1. The summed E-state index contributed by atoms with van der Waals surface area (Å²) in [7, 11) is 0. The number of fused-ring (bicyclic) bond motifs is 1. The Labute approximate surface area is 145 Å². The van der Waals surface area contributed by atoms with Crippen LogP contribution in [0.15, 0.2) is 48.7 Å². The summed E-state index contributed by atoms with van der Waals surface area (Å²) in [6.45, 7) is 3.85. The van der Waals surface area contributed by atoms with E-state index in [2.05, 4.69) is 39.0 Å². The van der Waals surface area contributed by atoms with Crippen molar-refractivity contribution in [2.24, 2.45) is 5.73 Å². The van der Waals surface area contributed by atoms with Crippen LogP contribution in [0.4, 0.5) is 5.82 Å². The Balaban J connectivity index is 1.36. The van der Waals surface area contributed by atoms with E-state index < -0.39 is 0 Å². The average Bonchev–Trinajstić information content (AvgIpc) is 3.05. The quantitative estimate of drug-likeness (QED) is 0.791. The highest BCUT2D eigenvalue weighted by atomic mass is 32.1. The third kappa shape index (κ3) is 3.26. The maximum Gasteiger partial charge on any atom is 0.128 e. The minimum Gasteiger partial charge on any atom is -0.354 e. The molecule has 124 valence electrons. The van der Waals surface area contributed by atoms with E-state index in [1.807, 2.05) is 24.4 Å². The van der Waals surface area contributed by atoms with Crippen LogP contribution in [0.1, 0.15) is 5.01 Å². The van der Waals surface area contributed by atoms with Gasteiger partial charge in [0.25, 0.3) is 0 Å². The number of aromatic nitrogens is 2. The number of nitrogens with zero attached hydrogens (tertiary/aromatic N) is 4. The van der Waals surface area contributed by atoms with Crippen LogP contribution in [-0.4, -0.2) is 47.2 Å². The number of piperazine rings is 1. The van der Waals surface area contributed by atoms with Crippen LogP contribution >= 0.6 is 11.3 Å². The van der Waals surface area contributed by atoms with Gasteiger partial charge in [-0.15, -0.1) is 11.3 Å². The molecule has 0 radical (unpaired) electrons. The fraction of sp³-hybridized carbons (Fsp3) is 0.333. The molecule has 6 heteroatoms. The molecule has 1 saturated heterocycles. The summed E-state index contributed by atoms with van der Waals surface area (Å²) in [6.07, 6.45) is 2.68. The van der Waals surface area contributed by atoms with Crippen molar-refractivity contribution in [3.8, 4) is 0 Å². The molecular formula is C18H21N5S. The summed E-state index contributed by atoms with van der Waals surface area (Å²) in [5.41, 5.74) is 7.52. The van der Waals surface area contributed by atoms with Gasteiger partial charge in [-0.2, -0.15) is 0 Å². The van der Waals surface area contributed by atoms with Crippen LogP contribution in [0.3, 0.4) is 0 Å². The average molecular weight is 339 g/mol. The second-order valence-electron chi connectivity index (χ2n) is 6.06. The largest absolute Gasteiger partial charge is 0.354 e. The van der Waals surface area contributed by atoms with Crippen LogP contribution in [0.25, 0.3) is 10.2 Å². The molecule has 0 spiro atoms. The van der Waals surface area contributed by atoms with Crippen molar-refractivity contribution >= 4 is 27.4 Å². The molecule has 2 aromatic heterocycles. The number of thiazole rings is 1. The molecule has 4 rings (SSSR count). The molecular weight excluding hydrogens is 318 g/mol. The summed E-state index contributed by atoms with van der Waals surface area (Å²) in [5.74, 6) is 1.05. The van der Waals surface area contributed by atoms with E-state index in [-0.39, 0.29) is 6.17 Å². The molecule has 2 N–H and O–H groups in total. The summed E-state index contributed by atoms with van der Waals surface area (Å²) >= 11 is 1.75. The van der Waals surface area contributed by atoms with Crippen molar-refractivity contribution in [1.82, 2.24) is 14.9 Å². The fourth-order valence-corrected chi connectivity index (χ4v) is 4.16. The molecule has 1 atom stereocenters. The van der Waals surface area contributed by atoms with Crippen molar-refractivity contribution in [2.45, 2.75) is 12.6 Å². The molecule has 1 fully saturated rings. The summed E-state index contributed by atoms with van der Waals surface area (Å²) in [4.78, 5) is 13.8. The first-order valence-electron chi connectivity index (χ1n) is 8.30. The van der Waals surface area contributed by atoms with Crippen LogP contribution in [0.5, 0.6) is 0 Å². The number of benzene rings is 1. The first kappa shape index (κ1) is 15.5. The molecule has 0 amide bonds. The van der Waals surface area contributed by atoms with Gasteiger partial charge in [-0.1, -0.05) is 18.2 Å². The number of rotatable bonds is 4. The number of hydrogen-bond acceptors (Lipinski definition) is 6. The molecule has 1 aliphatic heterocycles. The van der Waals surface area contributed by atoms with E-state index in [0.29, 0.717) is 0 Å². The van der Waals surface area contributed by atoms with Gasteiger partial charge in [-0.25, -0.2) is 9.97 Å². The van der Waals surface area contributed by atoms with Crippen LogP contribution in [0.2, 0.25) is 0 Å². The lowest BCUT2D eigenvalue weighted by Crippen LogP contribution is -2.54. The number of pyridine rings is 1. The van der Waals surface area contributed by atoms with Crippen molar-refractivity contribution < 1.29 is 0 Å². The van der Waals surface area contributed by atoms with Gasteiger partial charge in [0.1, 0.15) is 5.82 Å². The van der Waals surface area contributed by atoms with E-state index in [1.54, 1.807) is 11.3 Å². The second kappa shape index (κ2) is 6.84. The van der Waals surface area contributed by atoms with Crippen molar-refractivity contribution in [3.05, 3.63) is 53.7 Å². The van der Waals surface area contributed by atoms with Crippen LogP contribution in [-0.2, 0) is 6.42 Å². The Kier molecular flexibility index (Phi) is 4.42. The number of para-hydroxylation sites is 1. The standard InChI is InChI=1S/C18H21N5S/c19-16(13-18-21-14-5-1-2-6-15(14)24-18)22-9-11-23(12-10-22)17-7-3-4-8-20-17/h1-8,16H,9-13,19H2. The highest BCUT2D eigenvalue weighted by Crippen LogP contribution is 2.23. The van der Waals surface area contributed by atoms with Crippen LogP contribution < -0.4 is 10.6 Å². The summed E-state index contributed by atoms with van der Waals surface area (Å²) in [6, 6.07) is 14.3. The van der Waals surface area contributed by atoms with E-state index in [1.165, 1.54) is 4.70 Å². The maximum absolute atomic E-state index is 6.44. The SMILES string of the molecule is NC(Cc1nc2ccccc2s1)N1CCN(c2ccccn2)CC1. The van der Waals surface area contributed by atoms with Gasteiger partial charge in [-0.3, -0.25) is 4.90 Å². The Bertz CT molecular complexity index is 762. The molecule has 3 aromatic rings. The van der Waals surface area contributed by atoms with Gasteiger partial charge in [-0.05, 0) is 24.3 Å². The van der Waals surface area contributed by atoms with Gasteiger partial charge in [0.2, 0.25) is 0 Å². The summed E-state index contributed by atoms with van der Waals surface area (Å²) in [5, 5.41) is 1.12. The Morgan fingerprint density at radius 2 is 1.83 bits per heavy atom. The predicted molar refractivity (Wildman–Crippen MR) is 99.3 cm³/mol. The predicted octanol–water partition coefficient (Wildman–Crippen LogP) is 2.34. The summed E-state index contributed by atoms with van der Waals surface area (Å²) < 4.78 is 1.24. The molecule has 0 aliphatic carbocycles. The molecule has 0 bridgehead atoms. The third-order valence-electron chi connectivity index (χ3n) is 4.48. The molecule has 0 saturated carbocycles. The molecule has 1 aromatic carbocycles. The Morgan fingerprint density at radius 1 is 1.04 bits per heavy atom. The van der Waals surface area contributed by atoms with E-state index in [0.717, 1.165) is 48.9 Å². The van der Waals surface area contributed by atoms with E-state index in [9.17, 15) is 0 Å². The molecule has 24 heavy (non-hydrogen) atoms. The van der Waals surface area contributed by atoms with Crippen LogP contribution in [0, 0.1) is 0 Å². The zero-order valence-corrected chi connectivity index (χ0v) is 14.3. The first-order chi connectivity index (χ1) is 11.8. The number of hydrogen-bond donors (Lipinski definition) is 1. The van der Waals surface area contributed by atoms with Crippen molar-refractivity contribution in [1.29, 1.82) is 0 Å². The van der Waals surface area contributed by atoms with Gasteiger partial charge in [0.15, 0.2) is 0 Å². The van der Waals surface area contributed by atoms with Gasteiger partial charge in [0.05, 0.1) is 21.4 Å². The van der Waals surface area contributed by atoms with Crippen molar-refractivity contribution in [2.75, 3.05) is 31.1 Å². The highest BCUT2D eigenvalue weighted by molar-refractivity contribution is 7.18. The first-order valence-corrected chi connectivity index (χ1v) is 9.11. The fourth-order valence-electron chi connectivity index (χ4n) is 3.14. The zero-order chi connectivity index (χ0) is 16.4. The van der Waals surface area contributed by atoms with Gasteiger partial charge in [0, 0.05) is 38.8 Å². The molecule has 5 nitrogen and oxygen atoms in total. The monoisotopic (exact) mass is 339 g/mol. The maximum atomic E-state index is 6.44. The Morgan fingerprint density at radius 3 is 2.58 bits per heavy atom. The van der Waals surface area contributed by atoms with E-state index >= 15 is 0 Å². The van der Waals surface area contributed by atoms with Crippen molar-refractivity contribution in [3.63, 3.8) is 0 Å². The highest BCUT2D eigenvalue weighted by Gasteiger charge is 2.23. The van der Waals surface area contributed by atoms with E-state index in [4.69, 9.17) is 10.7 Å². The molecule has 1 unspecified atom stereocenters. The Hall–Kier alpha value is -2.02. The third-order valence-corrected chi connectivity index (χ3v) is 5.54. The molecule has 1 aliphatic rings. The second-order valence-corrected chi connectivity index (χ2v) is 7.17. The lowest BCUT2D eigenvalue weighted by Gasteiger charge is -2.38. The molecule has 3 heterocycles.